The van der Waals surface area contributed by atoms with Crippen molar-refractivity contribution in [1.29, 1.82) is 0 Å². The van der Waals surface area contributed by atoms with E-state index in [2.05, 4.69) is 75.4 Å². The van der Waals surface area contributed by atoms with Gasteiger partial charge in [0.1, 0.15) is 0 Å². The highest BCUT2D eigenvalue weighted by atomic mass is 14.3. The van der Waals surface area contributed by atoms with Crippen LogP contribution < -0.4 is 0 Å². The molecule has 3 aromatic carbocycles. The van der Waals surface area contributed by atoms with Crippen molar-refractivity contribution in [2.75, 3.05) is 0 Å². The van der Waals surface area contributed by atoms with Crippen LogP contribution in [-0.2, 0) is 19.3 Å². The van der Waals surface area contributed by atoms with E-state index in [1.807, 2.05) is 0 Å². The van der Waals surface area contributed by atoms with Gasteiger partial charge in [-0.2, -0.15) is 0 Å². The van der Waals surface area contributed by atoms with Crippen molar-refractivity contribution >= 4 is 0 Å². The number of hydrogen-bond acceptors (Lipinski definition) is 0. The molecule has 0 bridgehead atoms. The molecule has 0 unspecified atom stereocenters. The van der Waals surface area contributed by atoms with Gasteiger partial charge < -0.3 is 0 Å². The third kappa shape index (κ3) is 2.13. The molecule has 0 fully saturated rings. The highest BCUT2D eigenvalue weighted by Gasteiger charge is 2.25. The Morgan fingerprint density at radius 1 is 0.500 bits per heavy atom. The summed E-state index contributed by atoms with van der Waals surface area (Å²) in [6.07, 6.45) is 3.30. The molecule has 0 radical (unpaired) electrons. The predicted octanol–water partition coefficient (Wildman–Crippen LogP) is 6.69. The Kier molecular flexibility index (Phi) is 3.76. The van der Waals surface area contributed by atoms with Gasteiger partial charge in [0.25, 0.3) is 0 Å². The van der Waals surface area contributed by atoms with E-state index in [9.17, 15) is 0 Å². The second kappa shape index (κ2) is 5.94. The quantitative estimate of drug-likeness (QED) is 0.394. The molecule has 0 aromatic heterocycles. The van der Waals surface area contributed by atoms with Gasteiger partial charge in [0.15, 0.2) is 0 Å². The van der Waals surface area contributed by atoms with Crippen LogP contribution in [0.1, 0.15) is 37.5 Å². The zero-order valence-corrected chi connectivity index (χ0v) is 14.8. The fourth-order valence-corrected chi connectivity index (χ4v) is 4.11. The topological polar surface area (TPSA) is 0 Å². The fourth-order valence-electron chi connectivity index (χ4n) is 4.11. The van der Waals surface area contributed by atoms with Crippen LogP contribution in [0.5, 0.6) is 0 Å². The van der Waals surface area contributed by atoms with E-state index in [4.69, 9.17) is 0 Å². The lowest BCUT2D eigenvalue weighted by Gasteiger charge is -2.28. The Morgan fingerprint density at radius 3 is 1.71 bits per heavy atom. The smallest absolute Gasteiger partial charge is 0.00203 e. The molecule has 0 heteroatoms. The highest BCUT2D eigenvalue weighted by molar-refractivity contribution is 6.08. The van der Waals surface area contributed by atoms with Crippen LogP contribution >= 0.6 is 0 Å². The molecule has 0 spiro atoms. The Balaban J connectivity index is 1.95. The third-order valence-corrected chi connectivity index (χ3v) is 5.41. The maximum atomic E-state index is 2.45. The number of aryl methyl sites for hydroxylation is 3. The van der Waals surface area contributed by atoms with Gasteiger partial charge in [-0.15, -0.1) is 0 Å². The minimum absolute atomic E-state index is 1.08. The number of hydrogen-bond donors (Lipinski definition) is 0. The van der Waals surface area contributed by atoms with Gasteiger partial charge in [-0.05, 0) is 69.3 Å². The molecule has 0 atom stereocenters. The van der Waals surface area contributed by atoms with Crippen LogP contribution in [0.4, 0.5) is 0 Å². The summed E-state index contributed by atoms with van der Waals surface area (Å²) >= 11 is 0. The molecule has 1 aliphatic rings. The summed E-state index contributed by atoms with van der Waals surface area (Å²) in [6.45, 7) is 6.80. The summed E-state index contributed by atoms with van der Waals surface area (Å²) in [5, 5.41) is 0. The summed E-state index contributed by atoms with van der Waals surface area (Å²) in [6, 6.07) is 20.4. The average molecular weight is 312 g/mol. The van der Waals surface area contributed by atoms with Gasteiger partial charge in [-0.3, -0.25) is 0 Å². The number of fused-ring (bicyclic) bond motifs is 4. The average Bonchev–Trinajstić information content (AvgIpc) is 2.64. The molecule has 0 saturated carbocycles. The van der Waals surface area contributed by atoms with Crippen molar-refractivity contribution in [2.45, 2.75) is 40.0 Å². The lowest BCUT2D eigenvalue weighted by Crippen LogP contribution is -2.03. The van der Waals surface area contributed by atoms with Crippen LogP contribution in [0.25, 0.3) is 33.4 Å². The molecule has 0 aliphatic heterocycles. The molecule has 0 saturated heterocycles. The van der Waals surface area contributed by atoms with Gasteiger partial charge in [0, 0.05) is 0 Å². The van der Waals surface area contributed by atoms with Crippen molar-refractivity contribution in [2.24, 2.45) is 0 Å². The third-order valence-electron chi connectivity index (χ3n) is 5.41. The molecule has 0 heterocycles. The molecule has 24 heavy (non-hydrogen) atoms. The van der Waals surface area contributed by atoms with E-state index in [1.54, 1.807) is 0 Å². The molecule has 0 N–H and O–H groups in total. The molecule has 4 rings (SSSR count). The molecular weight excluding hydrogens is 288 g/mol. The summed E-state index contributed by atoms with van der Waals surface area (Å²) in [5.41, 5.74) is 13.0. The van der Waals surface area contributed by atoms with Gasteiger partial charge in [0.2, 0.25) is 0 Å². The van der Waals surface area contributed by atoms with E-state index in [-0.39, 0.29) is 0 Å². The predicted molar refractivity (Wildman–Crippen MR) is 104 cm³/mol. The molecule has 120 valence electrons. The summed E-state index contributed by atoms with van der Waals surface area (Å²) in [5.74, 6) is 0. The second-order valence-corrected chi connectivity index (χ2v) is 6.61. The fraction of sp³-hybridized carbons (Fsp3) is 0.250. The number of rotatable bonds is 4. The molecule has 0 amide bonds. The molecular formula is C24H24. The van der Waals surface area contributed by atoms with Gasteiger partial charge in [-0.25, -0.2) is 0 Å². The van der Waals surface area contributed by atoms with Crippen molar-refractivity contribution in [3.8, 4) is 33.4 Å². The lowest BCUT2D eigenvalue weighted by atomic mass is 9.75. The van der Waals surface area contributed by atoms with Gasteiger partial charge in [0.05, 0.1) is 0 Å². The Morgan fingerprint density at radius 2 is 1.04 bits per heavy atom. The molecule has 0 nitrogen and oxygen atoms in total. The summed E-state index contributed by atoms with van der Waals surface area (Å²) < 4.78 is 0. The molecule has 1 aliphatic carbocycles. The van der Waals surface area contributed by atoms with Crippen molar-refractivity contribution < 1.29 is 0 Å². The Hall–Kier alpha value is -2.34. The monoisotopic (exact) mass is 312 g/mol. The van der Waals surface area contributed by atoms with E-state index in [0.717, 1.165) is 19.3 Å². The normalized spacial score (nSPS) is 11.6. The highest BCUT2D eigenvalue weighted by Crippen LogP contribution is 2.52. The first kappa shape index (κ1) is 15.2. The SMILES string of the molecule is CCc1cc(CC)c(-c2cccc3c2-c2ccccc2-3)cc1CC. The van der Waals surface area contributed by atoms with E-state index < -0.39 is 0 Å². The minimum Gasteiger partial charge on any atom is -0.0616 e. The largest absolute Gasteiger partial charge is 0.0616 e. The first-order valence-electron chi connectivity index (χ1n) is 9.16. The molecule has 3 aromatic rings. The minimum atomic E-state index is 1.08. The maximum Gasteiger partial charge on any atom is -0.00203 e. The number of benzene rings is 3. The van der Waals surface area contributed by atoms with Crippen LogP contribution in [0.15, 0.2) is 54.6 Å². The van der Waals surface area contributed by atoms with Crippen molar-refractivity contribution in [3.05, 3.63) is 71.3 Å². The van der Waals surface area contributed by atoms with Crippen LogP contribution in [0.2, 0.25) is 0 Å². The maximum absolute atomic E-state index is 2.45. The second-order valence-electron chi connectivity index (χ2n) is 6.61. The van der Waals surface area contributed by atoms with Crippen LogP contribution in [0, 0.1) is 0 Å². The Bertz CT molecular complexity index is 915. The van der Waals surface area contributed by atoms with Crippen molar-refractivity contribution in [1.82, 2.24) is 0 Å². The van der Waals surface area contributed by atoms with Gasteiger partial charge >= 0.3 is 0 Å². The first-order valence-corrected chi connectivity index (χ1v) is 9.16. The zero-order valence-electron chi connectivity index (χ0n) is 14.8. The van der Waals surface area contributed by atoms with E-state index in [0.29, 0.717) is 0 Å². The zero-order chi connectivity index (χ0) is 16.7. The van der Waals surface area contributed by atoms with E-state index in [1.165, 1.54) is 50.1 Å². The summed E-state index contributed by atoms with van der Waals surface area (Å²) in [7, 11) is 0. The standard InChI is InChI=1S/C24H24/c1-4-16-14-18(6-3)23(15-17(16)5-2)22-13-9-12-21-19-10-7-8-11-20(19)24(21)22/h7-15H,4-6H2,1-3H3. The van der Waals surface area contributed by atoms with Gasteiger partial charge in [-0.1, -0.05) is 75.4 Å². The Labute approximate surface area is 145 Å². The first-order chi connectivity index (χ1) is 11.8. The van der Waals surface area contributed by atoms with Crippen LogP contribution in [-0.4, -0.2) is 0 Å². The van der Waals surface area contributed by atoms with Crippen molar-refractivity contribution in [3.63, 3.8) is 0 Å². The van der Waals surface area contributed by atoms with E-state index >= 15 is 0 Å². The van der Waals surface area contributed by atoms with Crippen LogP contribution in [0.3, 0.4) is 0 Å². The summed E-state index contributed by atoms with van der Waals surface area (Å²) in [4.78, 5) is 0. The lowest BCUT2D eigenvalue weighted by molar-refractivity contribution is 1.02.